The van der Waals surface area contributed by atoms with Gasteiger partial charge < -0.3 is 4.43 Å². The third-order valence-corrected chi connectivity index (χ3v) is 5.81. The van der Waals surface area contributed by atoms with E-state index in [1.807, 2.05) is 0 Å². The normalized spacial score (nSPS) is 22.7. The van der Waals surface area contributed by atoms with E-state index in [0.29, 0.717) is 11.3 Å². The molecule has 1 unspecified atom stereocenters. The second kappa shape index (κ2) is 9.54. The second-order valence-corrected chi connectivity index (χ2v) is 13.5. The highest BCUT2D eigenvalue weighted by molar-refractivity contribution is 6.69. The first-order valence-electron chi connectivity index (χ1n) is 9.52. The topological polar surface area (TPSA) is 9.23 Å². The fraction of sp³-hybridized carbons (Fsp3) is 0.565. The molecule has 1 aliphatic rings. The summed E-state index contributed by atoms with van der Waals surface area (Å²) < 4.78 is 5.86. The minimum atomic E-state index is -1.41. The molecule has 1 atom stereocenters. The number of allylic oxidation sites excluding steroid dienone is 9. The highest BCUT2D eigenvalue weighted by atomic mass is 28.4. The molecule has 0 saturated carbocycles. The SMILES string of the molecule is CC1=CCCC(C)(C)C1/C=C/C(C)=C/C=C/C(C)=C/CO[Si](C)(C)C. The third-order valence-electron chi connectivity index (χ3n) is 4.78. The molecular formula is C23H38OSi. The van der Waals surface area contributed by atoms with Gasteiger partial charge in [0.15, 0.2) is 8.32 Å². The summed E-state index contributed by atoms with van der Waals surface area (Å²) in [6.45, 7) is 18.7. The van der Waals surface area contributed by atoms with Crippen LogP contribution in [0.3, 0.4) is 0 Å². The van der Waals surface area contributed by atoms with Gasteiger partial charge in [-0.1, -0.05) is 73.1 Å². The molecule has 0 bridgehead atoms. The van der Waals surface area contributed by atoms with E-state index >= 15 is 0 Å². The van der Waals surface area contributed by atoms with Crippen LogP contribution in [0.5, 0.6) is 0 Å². The van der Waals surface area contributed by atoms with E-state index in [0.717, 1.165) is 6.61 Å². The lowest BCUT2D eigenvalue weighted by atomic mass is 9.68. The molecule has 25 heavy (non-hydrogen) atoms. The molecule has 0 N–H and O–H groups in total. The summed E-state index contributed by atoms with van der Waals surface area (Å²) in [5.41, 5.74) is 4.41. The minimum absolute atomic E-state index is 0.362. The molecular weight excluding hydrogens is 320 g/mol. The zero-order valence-corrected chi connectivity index (χ0v) is 18.6. The summed E-state index contributed by atoms with van der Waals surface area (Å²) in [5.74, 6) is 0.550. The lowest BCUT2D eigenvalue weighted by molar-refractivity contribution is 0.255. The molecule has 1 aliphatic carbocycles. The molecule has 0 spiro atoms. The summed E-state index contributed by atoms with van der Waals surface area (Å²) in [6, 6.07) is 0. The van der Waals surface area contributed by atoms with Crippen molar-refractivity contribution in [2.24, 2.45) is 11.3 Å². The van der Waals surface area contributed by atoms with Gasteiger partial charge in [0.2, 0.25) is 0 Å². The van der Waals surface area contributed by atoms with Crippen LogP contribution in [0.25, 0.3) is 0 Å². The third kappa shape index (κ3) is 8.69. The highest BCUT2D eigenvalue weighted by Crippen LogP contribution is 2.41. The van der Waals surface area contributed by atoms with E-state index in [4.69, 9.17) is 4.43 Å². The predicted octanol–water partition coefficient (Wildman–Crippen LogP) is 7.23. The van der Waals surface area contributed by atoms with Gasteiger partial charge in [0.1, 0.15) is 0 Å². The Morgan fingerprint density at radius 3 is 2.48 bits per heavy atom. The van der Waals surface area contributed by atoms with Gasteiger partial charge in [0.05, 0.1) is 6.61 Å². The number of hydrogen-bond acceptors (Lipinski definition) is 1. The molecule has 1 rings (SSSR count). The van der Waals surface area contributed by atoms with Crippen LogP contribution in [-0.2, 0) is 4.43 Å². The van der Waals surface area contributed by atoms with Crippen molar-refractivity contribution in [3.05, 3.63) is 59.3 Å². The zero-order chi connectivity index (χ0) is 19.1. The Morgan fingerprint density at radius 2 is 1.88 bits per heavy atom. The first-order chi connectivity index (χ1) is 11.5. The average molecular weight is 359 g/mol. The van der Waals surface area contributed by atoms with Gasteiger partial charge in [-0.25, -0.2) is 0 Å². The van der Waals surface area contributed by atoms with Crippen LogP contribution >= 0.6 is 0 Å². The summed E-state index contributed by atoms with van der Waals surface area (Å²) in [4.78, 5) is 0. The molecule has 0 aliphatic heterocycles. The molecule has 140 valence electrons. The van der Waals surface area contributed by atoms with Crippen LogP contribution in [0.1, 0.15) is 47.5 Å². The fourth-order valence-electron chi connectivity index (χ4n) is 3.13. The van der Waals surface area contributed by atoms with Crippen molar-refractivity contribution in [1.82, 2.24) is 0 Å². The standard InChI is InChI=1S/C23H38OSi/c1-19(11-9-12-20(2)16-18-24-25(6,7)8)14-15-22-21(3)13-10-17-23(22,4)5/h9,11-16,22H,10,17-18H2,1-8H3/b12-9+,15-14+,19-11+,20-16+. The van der Waals surface area contributed by atoms with Gasteiger partial charge in [0, 0.05) is 5.92 Å². The molecule has 0 aromatic heterocycles. The lowest BCUT2D eigenvalue weighted by Crippen LogP contribution is -2.26. The number of hydrogen-bond donors (Lipinski definition) is 0. The van der Waals surface area contributed by atoms with E-state index < -0.39 is 8.32 Å². The maximum atomic E-state index is 5.86. The Balaban J connectivity index is 2.61. The Morgan fingerprint density at radius 1 is 1.20 bits per heavy atom. The van der Waals surface area contributed by atoms with Crippen LogP contribution in [0, 0.1) is 11.3 Å². The van der Waals surface area contributed by atoms with Gasteiger partial charge in [-0.2, -0.15) is 0 Å². The molecule has 0 fully saturated rings. The van der Waals surface area contributed by atoms with Crippen LogP contribution in [0.2, 0.25) is 19.6 Å². The molecule has 0 aromatic carbocycles. The summed E-state index contributed by atoms with van der Waals surface area (Å²) in [5, 5.41) is 0. The quantitative estimate of drug-likeness (QED) is 0.265. The Hall–Kier alpha value is -1.12. The molecule has 0 heterocycles. The summed E-state index contributed by atoms with van der Waals surface area (Å²) in [6.07, 6.45) is 18.2. The Labute approximate surface area is 157 Å². The molecule has 1 nitrogen and oxygen atoms in total. The maximum Gasteiger partial charge on any atom is 0.184 e. The second-order valence-electron chi connectivity index (χ2n) is 8.95. The van der Waals surface area contributed by atoms with Crippen molar-refractivity contribution in [3.8, 4) is 0 Å². The predicted molar refractivity (Wildman–Crippen MR) is 115 cm³/mol. The highest BCUT2D eigenvalue weighted by Gasteiger charge is 2.30. The minimum Gasteiger partial charge on any atom is -0.414 e. The smallest absolute Gasteiger partial charge is 0.184 e. The largest absolute Gasteiger partial charge is 0.414 e. The van der Waals surface area contributed by atoms with Crippen LogP contribution in [-0.4, -0.2) is 14.9 Å². The lowest BCUT2D eigenvalue weighted by Gasteiger charge is -2.36. The van der Waals surface area contributed by atoms with E-state index in [2.05, 4.69) is 96.8 Å². The van der Waals surface area contributed by atoms with Crippen molar-refractivity contribution < 1.29 is 4.43 Å². The van der Waals surface area contributed by atoms with Crippen LogP contribution in [0.4, 0.5) is 0 Å². The fourth-order valence-corrected chi connectivity index (χ4v) is 3.71. The van der Waals surface area contributed by atoms with Gasteiger partial charge in [0.25, 0.3) is 0 Å². The summed E-state index contributed by atoms with van der Waals surface area (Å²) in [7, 11) is -1.41. The first kappa shape index (κ1) is 21.9. The summed E-state index contributed by atoms with van der Waals surface area (Å²) >= 11 is 0. The van der Waals surface area contributed by atoms with Crippen molar-refractivity contribution in [2.45, 2.75) is 67.1 Å². The van der Waals surface area contributed by atoms with Gasteiger partial charge in [-0.15, -0.1) is 0 Å². The maximum absolute atomic E-state index is 5.86. The van der Waals surface area contributed by atoms with E-state index in [1.54, 1.807) is 0 Å². The Kier molecular flexibility index (Phi) is 8.36. The van der Waals surface area contributed by atoms with Crippen molar-refractivity contribution >= 4 is 8.32 Å². The van der Waals surface area contributed by atoms with E-state index in [1.165, 1.54) is 29.6 Å². The van der Waals surface area contributed by atoms with E-state index in [9.17, 15) is 0 Å². The van der Waals surface area contributed by atoms with Crippen molar-refractivity contribution in [3.63, 3.8) is 0 Å². The van der Waals surface area contributed by atoms with Crippen LogP contribution < -0.4 is 0 Å². The van der Waals surface area contributed by atoms with Crippen LogP contribution in [0.15, 0.2) is 59.3 Å². The van der Waals surface area contributed by atoms with Crippen molar-refractivity contribution in [1.29, 1.82) is 0 Å². The zero-order valence-electron chi connectivity index (χ0n) is 17.6. The molecule has 0 saturated heterocycles. The average Bonchev–Trinajstić information content (AvgIpc) is 2.44. The van der Waals surface area contributed by atoms with Gasteiger partial charge in [-0.3, -0.25) is 0 Å². The van der Waals surface area contributed by atoms with Gasteiger partial charge in [-0.05, 0) is 58.7 Å². The molecule has 0 radical (unpaired) electrons. The first-order valence-corrected chi connectivity index (χ1v) is 12.9. The monoisotopic (exact) mass is 358 g/mol. The van der Waals surface area contributed by atoms with Crippen molar-refractivity contribution in [2.75, 3.05) is 6.61 Å². The molecule has 2 heteroatoms. The molecule has 0 amide bonds. The van der Waals surface area contributed by atoms with Gasteiger partial charge >= 0.3 is 0 Å². The Bertz CT molecular complexity index is 580. The number of rotatable bonds is 7. The molecule has 0 aromatic rings. The van der Waals surface area contributed by atoms with E-state index in [-0.39, 0.29) is 0 Å².